The van der Waals surface area contributed by atoms with Gasteiger partial charge in [-0.15, -0.1) is 11.3 Å². The molecule has 1 aromatic carbocycles. The molecule has 21 heavy (non-hydrogen) atoms. The fourth-order valence-corrected chi connectivity index (χ4v) is 2.71. The van der Waals surface area contributed by atoms with Crippen molar-refractivity contribution in [3.8, 4) is 0 Å². The molecule has 0 aliphatic heterocycles. The third-order valence-corrected chi connectivity index (χ3v) is 4.23. The fourth-order valence-electron chi connectivity index (χ4n) is 2.09. The van der Waals surface area contributed by atoms with E-state index in [1.54, 1.807) is 13.0 Å². The van der Waals surface area contributed by atoms with Crippen molar-refractivity contribution in [2.45, 2.75) is 39.2 Å². The highest BCUT2D eigenvalue weighted by atomic mass is 32.1. The molecule has 0 saturated heterocycles. The van der Waals surface area contributed by atoms with Crippen LogP contribution >= 0.6 is 11.3 Å². The number of carbonyl (C=O) groups excluding carboxylic acids is 1. The number of amides is 1. The minimum Gasteiger partial charge on any atom is -0.389 e. The summed E-state index contributed by atoms with van der Waals surface area (Å²) in [4.78, 5) is 12.9. The number of thiophene rings is 1. The summed E-state index contributed by atoms with van der Waals surface area (Å²) in [6.07, 6.45) is -0.627. The van der Waals surface area contributed by atoms with E-state index in [4.69, 9.17) is 0 Å². The van der Waals surface area contributed by atoms with Crippen molar-refractivity contribution in [3.63, 3.8) is 0 Å². The van der Waals surface area contributed by atoms with Crippen LogP contribution in [0.25, 0.3) is 0 Å². The Hall–Kier alpha value is -1.65. The van der Waals surface area contributed by atoms with Crippen molar-refractivity contribution in [1.82, 2.24) is 0 Å². The average Bonchev–Trinajstić information content (AvgIpc) is 2.91. The van der Waals surface area contributed by atoms with Gasteiger partial charge in [0.05, 0.1) is 11.0 Å². The van der Waals surface area contributed by atoms with Gasteiger partial charge in [0, 0.05) is 11.3 Å². The first-order valence-corrected chi connectivity index (χ1v) is 7.84. The predicted octanol–water partition coefficient (Wildman–Crippen LogP) is 4.35. The Balaban J connectivity index is 2.37. The summed E-state index contributed by atoms with van der Waals surface area (Å²) in [5.74, 6) is -0.141. The van der Waals surface area contributed by atoms with Crippen LogP contribution in [-0.4, -0.2) is 11.0 Å². The molecule has 2 aromatic rings. The summed E-state index contributed by atoms with van der Waals surface area (Å²) < 4.78 is 0. The largest absolute Gasteiger partial charge is 0.389 e. The molecule has 2 N–H and O–H groups in total. The van der Waals surface area contributed by atoms with E-state index in [2.05, 4.69) is 26.1 Å². The van der Waals surface area contributed by atoms with Crippen LogP contribution < -0.4 is 5.32 Å². The third kappa shape index (κ3) is 3.71. The van der Waals surface area contributed by atoms with Crippen LogP contribution in [0.4, 0.5) is 5.69 Å². The molecule has 2 rings (SSSR count). The topological polar surface area (TPSA) is 49.3 Å². The lowest BCUT2D eigenvalue weighted by Crippen LogP contribution is -2.16. The molecule has 0 radical (unpaired) electrons. The first-order chi connectivity index (χ1) is 9.79. The van der Waals surface area contributed by atoms with Gasteiger partial charge < -0.3 is 10.4 Å². The van der Waals surface area contributed by atoms with Crippen molar-refractivity contribution in [2.75, 3.05) is 5.32 Å². The van der Waals surface area contributed by atoms with Gasteiger partial charge in [0.2, 0.25) is 0 Å². The highest BCUT2D eigenvalue weighted by Crippen LogP contribution is 2.30. The van der Waals surface area contributed by atoms with E-state index in [1.165, 1.54) is 11.3 Å². The Morgan fingerprint density at radius 1 is 1.29 bits per heavy atom. The van der Waals surface area contributed by atoms with Gasteiger partial charge >= 0.3 is 0 Å². The Morgan fingerprint density at radius 3 is 2.52 bits per heavy atom. The van der Waals surface area contributed by atoms with Gasteiger partial charge in [0.25, 0.3) is 5.91 Å². The van der Waals surface area contributed by atoms with Crippen molar-refractivity contribution in [2.24, 2.45) is 0 Å². The molecular weight excluding hydrogens is 282 g/mol. The molecule has 4 heteroatoms. The minimum absolute atomic E-state index is 0.0143. The molecule has 0 unspecified atom stereocenters. The maximum absolute atomic E-state index is 12.2. The zero-order chi connectivity index (χ0) is 15.6. The van der Waals surface area contributed by atoms with E-state index >= 15 is 0 Å². The number of aliphatic hydroxyl groups is 1. The first kappa shape index (κ1) is 15.7. The van der Waals surface area contributed by atoms with Crippen LogP contribution in [0, 0.1) is 0 Å². The highest BCUT2D eigenvalue weighted by molar-refractivity contribution is 7.12. The SMILES string of the molecule is C[C@@H](O)c1ccc(C(C)(C)C)cc1NC(=O)c1cccs1. The number of hydrogen-bond donors (Lipinski definition) is 2. The van der Waals surface area contributed by atoms with Gasteiger partial charge in [0.15, 0.2) is 0 Å². The number of rotatable bonds is 3. The number of anilines is 1. The molecule has 1 atom stereocenters. The second kappa shape index (κ2) is 6.00. The molecule has 0 aliphatic carbocycles. The van der Waals surface area contributed by atoms with Crippen LogP contribution in [0.1, 0.15) is 54.6 Å². The minimum atomic E-state index is -0.627. The molecule has 112 valence electrons. The molecular formula is C17H21NO2S. The number of carbonyl (C=O) groups is 1. The normalized spacial score (nSPS) is 13.0. The Labute approximate surface area is 129 Å². The van der Waals surface area contributed by atoms with Gasteiger partial charge in [-0.3, -0.25) is 4.79 Å². The maximum Gasteiger partial charge on any atom is 0.265 e. The average molecular weight is 303 g/mol. The number of benzene rings is 1. The van der Waals surface area contributed by atoms with E-state index in [1.807, 2.05) is 29.6 Å². The molecule has 1 heterocycles. The summed E-state index contributed by atoms with van der Waals surface area (Å²) in [5.41, 5.74) is 2.51. The monoisotopic (exact) mass is 303 g/mol. The summed E-state index contributed by atoms with van der Waals surface area (Å²) >= 11 is 1.40. The van der Waals surface area contributed by atoms with Gasteiger partial charge in [-0.2, -0.15) is 0 Å². The van der Waals surface area contributed by atoms with Crippen molar-refractivity contribution in [3.05, 3.63) is 51.7 Å². The Bertz CT molecular complexity index is 625. The number of hydrogen-bond acceptors (Lipinski definition) is 3. The van der Waals surface area contributed by atoms with Crippen LogP contribution in [0.15, 0.2) is 35.7 Å². The molecule has 1 amide bonds. The van der Waals surface area contributed by atoms with Crippen LogP contribution in [0.2, 0.25) is 0 Å². The zero-order valence-electron chi connectivity index (χ0n) is 12.8. The predicted molar refractivity (Wildman–Crippen MR) is 88.0 cm³/mol. The van der Waals surface area contributed by atoms with Gasteiger partial charge in [-0.1, -0.05) is 39.0 Å². The van der Waals surface area contributed by atoms with Crippen LogP contribution in [0.3, 0.4) is 0 Å². The number of aliphatic hydroxyl groups excluding tert-OH is 1. The fraction of sp³-hybridized carbons (Fsp3) is 0.353. The summed E-state index contributed by atoms with van der Waals surface area (Å²) in [6.45, 7) is 8.06. The van der Waals surface area contributed by atoms with E-state index in [0.29, 0.717) is 10.6 Å². The lowest BCUT2D eigenvalue weighted by molar-refractivity contribution is 0.103. The van der Waals surface area contributed by atoms with E-state index in [0.717, 1.165) is 11.1 Å². The van der Waals surface area contributed by atoms with E-state index in [9.17, 15) is 9.90 Å². The van der Waals surface area contributed by atoms with Crippen molar-refractivity contribution < 1.29 is 9.90 Å². The molecule has 0 fully saturated rings. The summed E-state index contributed by atoms with van der Waals surface area (Å²) in [7, 11) is 0. The standard InChI is InChI=1S/C17H21NO2S/c1-11(19)13-8-7-12(17(2,3)4)10-14(13)18-16(20)15-6-5-9-21-15/h5-11,19H,1-4H3,(H,18,20)/t11-/m1/s1. The Kier molecular flexibility index (Phi) is 4.49. The van der Waals surface area contributed by atoms with Gasteiger partial charge in [-0.05, 0) is 35.4 Å². The summed E-state index contributed by atoms with van der Waals surface area (Å²) in [6, 6.07) is 9.47. The van der Waals surface area contributed by atoms with Crippen LogP contribution in [-0.2, 0) is 5.41 Å². The van der Waals surface area contributed by atoms with Gasteiger partial charge in [0.1, 0.15) is 0 Å². The highest BCUT2D eigenvalue weighted by Gasteiger charge is 2.18. The van der Waals surface area contributed by atoms with Crippen molar-refractivity contribution in [1.29, 1.82) is 0 Å². The quantitative estimate of drug-likeness (QED) is 0.885. The molecule has 0 aliphatic rings. The zero-order valence-corrected chi connectivity index (χ0v) is 13.6. The maximum atomic E-state index is 12.2. The first-order valence-electron chi connectivity index (χ1n) is 6.96. The molecule has 1 aromatic heterocycles. The second-order valence-electron chi connectivity index (χ2n) is 6.16. The third-order valence-electron chi connectivity index (χ3n) is 3.36. The summed E-state index contributed by atoms with van der Waals surface area (Å²) in [5, 5.41) is 14.7. The molecule has 0 saturated carbocycles. The Morgan fingerprint density at radius 2 is 2.00 bits per heavy atom. The molecule has 3 nitrogen and oxygen atoms in total. The van der Waals surface area contributed by atoms with Crippen molar-refractivity contribution >= 4 is 22.9 Å². The van der Waals surface area contributed by atoms with E-state index in [-0.39, 0.29) is 11.3 Å². The second-order valence-corrected chi connectivity index (χ2v) is 7.11. The number of nitrogens with one attached hydrogen (secondary N) is 1. The lowest BCUT2D eigenvalue weighted by Gasteiger charge is -2.22. The van der Waals surface area contributed by atoms with E-state index < -0.39 is 6.10 Å². The lowest BCUT2D eigenvalue weighted by atomic mass is 9.85. The van der Waals surface area contributed by atoms with Gasteiger partial charge in [-0.25, -0.2) is 0 Å². The molecule has 0 spiro atoms. The smallest absolute Gasteiger partial charge is 0.265 e. The molecule has 0 bridgehead atoms. The van der Waals surface area contributed by atoms with Crippen LogP contribution in [0.5, 0.6) is 0 Å².